The predicted octanol–water partition coefficient (Wildman–Crippen LogP) is 17.7. The maximum atomic E-state index is 11.7. The Balaban J connectivity index is 5.07. The molecule has 1 N–H and O–H groups in total. The van der Waals surface area contributed by atoms with Gasteiger partial charge in [0.15, 0.2) is 0 Å². The number of aliphatic hydroxyl groups is 1. The lowest BCUT2D eigenvalue weighted by Crippen LogP contribution is -2.41. The zero-order valence-electron chi connectivity index (χ0n) is 40.7. The molecule has 0 radical (unpaired) electrons. The van der Waals surface area contributed by atoms with E-state index in [2.05, 4.69) is 57.6 Å². The Labute approximate surface area is 376 Å². The summed E-state index contributed by atoms with van der Waals surface area (Å²) in [6.45, 7) is 7.00. The lowest BCUT2D eigenvalue weighted by molar-refractivity contribution is -0.777. The van der Waals surface area contributed by atoms with Gasteiger partial charge >= 0.3 is 0 Å². The third-order valence-corrected chi connectivity index (χ3v) is 13.3. The number of rotatable bonds is 49. The molecule has 1 atom stereocenters. The monoisotopic (exact) mass is 864 g/mol. The quantitative estimate of drug-likeness (QED) is 0.0375. The molecule has 0 aromatic carbocycles. The second kappa shape index (κ2) is 46.1. The van der Waals surface area contributed by atoms with Gasteiger partial charge in [-0.05, 0) is 56.8 Å². The maximum absolute atomic E-state index is 11.7. The van der Waals surface area contributed by atoms with Crippen LogP contribution in [0.5, 0.6) is 0 Å². The minimum atomic E-state index is -4.53. The van der Waals surface area contributed by atoms with Gasteiger partial charge in [0.2, 0.25) is 0 Å². The average molecular weight is 865 g/mol. The van der Waals surface area contributed by atoms with E-state index in [9.17, 15) is 18.1 Å². The molecular formula is C54H105NO4S. The Morgan fingerprint density at radius 3 is 0.783 bits per heavy atom. The van der Waals surface area contributed by atoms with Gasteiger partial charge in [-0.2, -0.15) is 0 Å². The molecule has 356 valence electrons. The van der Waals surface area contributed by atoms with E-state index in [0.29, 0.717) is 0 Å². The average Bonchev–Trinajstić information content (AvgIpc) is 3.21. The van der Waals surface area contributed by atoms with Crippen LogP contribution < -0.4 is 0 Å². The van der Waals surface area contributed by atoms with Crippen LogP contribution in [0, 0.1) is 0 Å². The molecule has 0 fully saturated rings. The second-order valence-electron chi connectivity index (χ2n) is 18.8. The van der Waals surface area contributed by atoms with E-state index in [1.807, 2.05) is 0 Å². The SMILES string of the molecule is CCCCCCCCCCCCCCC/C=C/[N+](/C=C/CCCCCCCCCCCCCCC)(/C=C/CCCCCCCCCCCCCCC)CC(O)CS(=O)(=O)[O-]. The molecule has 0 amide bonds. The molecule has 0 saturated carbocycles. The van der Waals surface area contributed by atoms with Crippen molar-refractivity contribution >= 4 is 10.1 Å². The molecule has 1 unspecified atom stereocenters. The summed E-state index contributed by atoms with van der Waals surface area (Å²) in [7, 11) is -4.53. The Kier molecular flexibility index (Phi) is 45.3. The van der Waals surface area contributed by atoms with Crippen LogP contribution in [0.25, 0.3) is 0 Å². The normalized spacial score (nSPS) is 13.2. The van der Waals surface area contributed by atoms with E-state index in [1.165, 1.54) is 231 Å². The number of quaternary nitrogens is 1. The minimum absolute atomic E-state index is 0.154. The first-order chi connectivity index (χ1) is 29.3. The van der Waals surface area contributed by atoms with E-state index in [-0.39, 0.29) is 11.0 Å². The Morgan fingerprint density at radius 2 is 0.583 bits per heavy atom. The zero-order valence-corrected chi connectivity index (χ0v) is 41.5. The van der Waals surface area contributed by atoms with E-state index >= 15 is 0 Å². The van der Waals surface area contributed by atoms with Crippen molar-refractivity contribution in [3.05, 3.63) is 36.8 Å². The molecule has 0 spiro atoms. The van der Waals surface area contributed by atoms with Crippen LogP contribution >= 0.6 is 0 Å². The molecule has 0 saturated heterocycles. The Bertz CT molecular complexity index is 956. The Hall–Kier alpha value is -0.950. The molecule has 0 aromatic heterocycles. The van der Waals surface area contributed by atoms with Gasteiger partial charge in [-0.3, -0.25) is 0 Å². The molecule has 0 aliphatic carbocycles. The molecule has 0 aromatic rings. The van der Waals surface area contributed by atoms with Crippen molar-refractivity contribution in [2.24, 2.45) is 0 Å². The van der Waals surface area contributed by atoms with Crippen molar-refractivity contribution in [3.63, 3.8) is 0 Å². The molecule has 0 aliphatic heterocycles. The van der Waals surface area contributed by atoms with Crippen LogP contribution in [-0.4, -0.2) is 41.0 Å². The fraction of sp³-hybridized carbons (Fsp3) is 0.889. The molecular weight excluding hydrogens is 759 g/mol. The van der Waals surface area contributed by atoms with Gasteiger partial charge in [0.25, 0.3) is 0 Å². The molecule has 0 aliphatic rings. The summed E-state index contributed by atoms with van der Waals surface area (Å²) in [4.78, 5) is 0. The lowest BCUT2D eigenvalue weighted by Gasteiger charge is -2.29. The zero-order chi connectivity index (χ0) is 43.9. The van der Waals surface area contributed by atoms with Crippen LogP contribution in [0.4, 0.5) is 0 Å². The fourth-order valence-electron chi connectivity index (χ4n) is 8.64. The topological polar surface area (TPSA) is 77.4 Å². The molecule has 5 nitrogen and oxygen atoms in total. The number of nitrogens with zero attached hydrogens (tertiary/aromatic N) is 1. The van der Waals surface area contributed by atoms with Crippen LogP contribution in [0.1, 0.15) is 290 Å². The van der Waals surface area contributed by atoms with Gasteiger partial charge in [-0.15, -0.1) is 0 Å². The summed E-state index contributed by atoms with van der Waals surface area (Å²) in [5.41, 5.74) is 0. The maximum Gasteiger partial charge on any atom is 0.119 e. The number of hydrogen-bond acceptors (Lipinski definition) is 4. The largest absolute Gasteiger partial charge is 0.748 e. The van der Waals surface area contributed by atoms with Crippen LogP contribution in [-0.2, 0) is 10.1 Å². The molecule has 0 bridgehead atoms. The highest BCUT2D eigenvalue weighted by molar-refractivity contribution is 7.85. The van der Waals surface area contributed by atoms with Gasteiger partial charge in [0, 0.05) is 0 Å². The van der Waals surface area contributed by atoms with Gasteiger partial charge in [-0.25, -0.2) is 12.9 Å². The standard InChI is InChI=1S/C54H105NO4S/c1-4-7-10-13-16-19-22-25-28-31-34-37-40-43-46-49-55(52-54(56)53-60(57,58)59,50-47-44-41-38-35-32-29-26-23-20-17-14-11-8-5-2)51-48-45-42-39-36-33-30-27-24-21-18-15-12-9-6-3/h46-51,54,56H,4-45,52-53H2,1-3H3/b49-46+,50-47+,51-48+. The highest BCUT2D eigenvalue weighted by Gasteiger charge is 2.25. The van der Waals surface area contributed by atoms with E-state index < -0.39 is 22.0 Å². The third-order valence-electron chi connectivity index (χ3n) is 12.5. The van der Waals surface area contributed by atoms with Crippen molar-refractivity contribution in [1.29, 1.82) is 0 Å². The minimum Gasteiger partial charge on any atom is -0.748 e. The lowest BCUT2D eigenvalue weighted by atomic mass is 10.0. The van der Waals surface area contributed by atoms with E-state index in [4.69, 9.17) is 0 Å². The smallest absolute Gasteiger partial charge is 0.119 e. The molecule has 0 rings (SSSR count). The summed E-state index contributed by atoms with van der Waals surface area (Å²) in [6.07, 6.45) is 66.9. The van der Waals surface area contributed by atoms with Gasteiger partial charge in [0.1, 0.15) is 31.2 Å². The van der Waals surface area contributed by atoms with Crippen LogP contribution in [0.15, 0.2) is 36.8 Å². The number of allylic oxidation sites excluding steroid dienone is 3. The summed E-state index contributed by atoms with van der Waals surface area (Å²) in [5.74, 6) is -0.751. The van der Waals surface area contributed by atoms with Crippen LogP contribution in [0.3, 0.4) is 0 Å². The Morgan fingerprint density at radius 1 is 0.383 bits per heavy atom. The predicted molar refractivity (Wildman–Crippen MR) is 264 cm³/mol. The van der Waals surface area contributed by atoms with Gasteiger partial charge < -0.3 is 9.66 Å². The molecule has 6 heteroatoms. The first kappa shape index (κ1) is 59.0. The number of aliphatic hydroxyl groups excluding tert-OH is 1. The third kappa shape index (κ3) is 45.1. The van der Waals surface area contributed by atoms with E-state index in [1.54, 1.807) is 0 Å². The van der Waals surface area contributed by atoms with Crippen molar-refractivity contribution < 1.29 is 22.6 Å². The first-order valence-corrected chi connectivity index (χ1v) is 28.4. The summed E-state index contributed by atoms with van der Waals surface area (Å²) in [5, 5.41) is 10.9. The van der Waals surface area contributed by atoms with Crippen molar-refractivity contribution in [3.8, 4) is 0 Å². The highest BCUT2D eigenvalue weighted by Crippen LogP contribution is 2.20. The summed E-state index contributed by atoms with van der Waals surface area (Å²) < 4.78 is 35.3. The summed E-state index contributed by atoms with van der Waals surface area (Å²) >= 11 is 0. The van der Waals surface area contributed by atoms with Crippen molar-refractivity contribution in [1.82, 2.24) is 0 Å². The molecule has 0 heterocycles. The van der Waals surface area contributed by atoms with E-state index in [0.717, 1.165) is 38.5 Å². The fourth-order valence-corrected chi connectivity index (χ4v) is 9.21. The molecule has 60 heavy (non-hydrogen) atoms. The summed E-state index contributed by atoms with van der Waals surface area (Å²) in [6, 6.07) is 0. The first-order valence-electron chi connectivity index (χ1n) is 26.8. The second-order valence-corrected chi connectivity index (χ2v) is 20.3. The van der Waals surface area contributed by atoms with Gasteiger partial charge in [-0.1, -0.05) is 252 Å². The van der Waals surface area contributed by atoms with Crippen molar-refractivity contribution in [2.45, 2.75) is 297 Å². The van der Waals surface area contributed by atoms with Gasteiger partial charge in [0.05, 0.1) is 15.9 Å². The number of unbranched alkanes of at least 4 members (excludes halogenated alkanes) is 39. The highest BCUT2D eigenvalue weighted by atomic mass is 32.2. The van der Waals surface area contributed by atoms with Crippen LogP contribution in [0.2, 0.25) is 0 Å². The van der Waals surface area contributed by atoms with Crippen molar-refractivity contribution in [2.75, 3.05) is 12.3 Å². The number of hydrogen-bond donors (Lipinski definition) is 1.